The number of nitrogen functional groups attached to an aromatic ring is 1. The molecule has 4 heteroatoms. The van der Waals surface area contributed by atoms with E-state index in [1.165, 1.54) is 17.7 Å². The van der Waals surface area contributed by atoms with E-state index in [-0.39, 0.29) is 0 Å². The van der Waals surface area contributed by atoms with Gasteiger partial charge in [0.2, 0.25) is 0 Å². The van der Waals surface area contributed by atoms with Crippen molar-refractivity contribution in [3.63, 3.8) is 0 Å². The molecule has 0 saturated carbocycles. The van der Waals surface area contributed by atoms with Gasteiger partial charge in [0.1, 0.15) is 11.0 Å². The molecule has 0 fully saturated rings. The molecular formula is C15H16ClN3. The standard InChI is InChI=1S/C15H16ClN3/c16-14-9-12(17)10-15(18-14)19-8-4-3-6-11-5-1-2-7-13(11)19/h1-2,5,7,9-10H,3-4,6,8H2,(H2,17,18). The maximum atomic E-state index is 6.02. The Bertz CT molecular complexity index is 577. The number of fused-ring (bicyclic) bond motifs is 1. The van der Waals surface area contributed by atoms with E-state index in [4.69, 9.17) is 17.3 Å². The van der Waals surface area contributed by atoms with Crippen molar-refractivity contribution in [2.24, 2.45) is 0 Å². The number of anilines is 3. The molecule has 2 heterocycles. The summed E-state index contributed by atoms with van der Waals surface area (Å²) in [4.78, 5) is 6.62. The molecule has 0 bridgehead atoms. The predicted molar refractivity (Wildman–Crippen MR) is 80.0 cm³/mol. The van der Waals surface area contributed by atoms with E-state index >= 15 is 0 Å². The lowest BCUT2D eigenvalue weighted by Crippen LogP contribution is -2.19. The van der Waals surface area contributed by atoms with Crippen LogP contribution in [-0.2, 0) is 6.42 Å². The first-order chi connectivity index (χ1) is 9.24. The minimum Gasteiger partial charge on any atom is -0.399 e. The second-order valence-electron chi connectivity index (χ2n) is 4.82. The normalized spacial score (nSPS) is 14.9. The molecule has 0 unspecified atom stereocenters. The average Bonchev–Trinajstić information content (AvgIpc) is 2.59. The Kier molecular flexibility index (Phi) is 3.30. The third kappa shape index (κ3) is 2.51. The van der Waals surface area contributed by atoms with E-state index in [1.54, 1.807) is 6.07 Å². The molecule has 3 nitrogen and oxygen atoms in total. The minimum atomic E-state index is 0.441. The topological polar surface area (TPSA) is 42.1 Å². The molecule has 2 N–H and O–H groups in total. The zero-order chi connectivity index (χ0) is 13.2. The van der Waals surface area contributed by atoms with Crippen LogP contribution in [0.5, 0.6) is 0 Å². The Morgan fingerprint density at radius 2 is 2.00 bits per heavy atom. The SMILES string of the molecule is Nc1cc(Cl)nc(N2CCCCc3ccccc32)c1. The van der Waals surface area contributed by atoms with Crippen LogP contribution < -0.4 is 10.6 Å². The zero-order valence-corrected chi connectivity index (χ0v) is 11.4. The number of pyridine rings is 1. The highest BCUT2D eigenvalue weighted by molar-refractivity contribution is 6.29. The minimum absolute atomic E-state index is 0.441. The highest BCUT2D eigenvalue weighted by Crippen LogP contribution is 2.32. The van der Waals surface area contributed by atoms with Crippen molar-refractivity contribution in [1.29, 1.82) is 0 Å². The number of nitrogens with zero attached hydrogens (tertiary/aromatic N) is 2. The molecule has 1 aromatic heterocycles. The van der Waals surface area contributed by atoms with Gasteiger partial charge in [0.15, 0.2) is 0 Å². The molecule has 0 aliphatic carbocycles. The van der Waals surface area contributed by atoms with Crippen LogP contribution in [0.25, 0.3) is 0 Å². The summed E-state index contributed by atoms with van der Waals surface area (Å²) in [5, 5.41) is 0.441. The first-order valence-electron chi connectivity index (χ1n) is 6.52. The molecule has 3 rings (SSSR count). The third-order valence-electron chi connectivity index (χ3n) is 3.44. The van der Waals surface area contributed by atoms with Crippen molar-refractivity contribution in [3.05, 3.63) is 47.1 Å². The molecule has 1 aromatic carbocycles. The number of aryl methyl sites for hydroxylation is 1. The summed E-state index contributed by atoms with van der Waals surface area (Å²) in [5.41, 5.74) is 9.10. The van der Waals surface area contributed by atoms with E-state index in [0.717, 1.165) is 25.2 Å². The number of para-hydroxylation sites is 1. The molecule has 2 aromatic rings. The van der Waals surface area contributed by atoms with Crippen LogP contribution in [0, 0.1) is 0 Å². The van der Waals surface area contributed by atoms with Crippen LogP contribution >= 0.6 is 11.6 Å². The second kappa shape index (κ2) is 5.10. The van der Waals surface area contributed by atoms with Crippen molar-refractivity contribution in [2.45, 2.75) is 19.3 Å². The summed E-state index contributed by atoms with van der Waals surface area (Å²) in [7, 11) is 0. The molecule has 98 valence electrons. The Labute approximate surface area is 118 Å². The summed E-state index contributed by atoms with van der Waals surface area (Å²) in [6.45, 7) is 0.948. The fourth-order valence-electron chi connectivity index (χ4n) is 2.57. The van der Waals surface area contributed by atoms with Crippen LogP contribution in [0.3, 0.4) is 0 Å². The molecule has 1 aliphatic rings. The monoisotopic (exact) mass is 273 g/mol. The quantitative estimate of drug-likeness (QED) is 0.804. The first kappa shape index (κ1) is 12.3. The maximum absolute atomic E-state index is 6.02. The summed E-state index contributed by atoms with van der Waals surface area (Å²) < 4.78 is 0. The number of halogens is 1. The second-order valence-corrected chi connectivity index (χ2v) is 5.21. The number of rotatable bonds is 1. The van der Waals surface area contributed by atoms with Gasteiger partial charge in [-0.05, 0) is 37.0 Å². The van der Waals surface area contributed by atoms with E-state index in [1.807, 2.05) is 6.07 Å². The lowest BCUT2D eigenvalue weighted by Gasteiger charge is -2.24. The van der Waals surface area contributed by atoms with Gasteiger partial charge in [-0.25, -0.2) is 4.98 Å². The fourth-order valence-corrected chi connectivity index (χ4v) is 2.78. The van der Waals surface area contributed by atoms with E-state index in [0.29, 0.717) is 10.8 Å². The van der Waals surface area contributed by atoms with Gasteiger partial charge < -0.3 is 10.6 Å². The van der Waals surface area contributed by atoms with E-state index in [2.05, 4.69) is 34.1 Å². The van der Waals surface area contributed by atoms with Gasteiger partial charge in [-0.3, -0.25) is 0 Å². The van der Waals surface area contributed by atoms with Gasteiger partial charge in [0.25, 0.3) is 0 Å². The Morgan fingerprint density at radius 1 is 1.16 bits per heavy atom. The third-order valence-corrected chi connectivity index (χ3v) is 3.63. The van der Waals surface area contributed by atoms with Crippen LogP contribution in [0.1, 0.15) is 18.4 Å². The molecule has 0 spiro atoms. The average molecular weight is 274 g/mol. The predicted octanol–water partition coefficient (Wildman–Crippen LogP) is 3.79. The lowest BCUT2D eigenvalue weighted by atomic mass is 10.1. The number of hydrogen-bond donors (Lipinski definition) is 1. The fraction of sp³-hybridized carbons (Fsp3) is 0.267. The molecular weight excluding hydrogens is 258 g/mol. The van der Waals surface area contributed by atoms with Crippen LogP contribution in [0.4, 0.5) is 17.2 Å². The Hall–Kier alpha value is -1.74. The smallest absolute Gasteiger partial charge is 0.136 e. The molecule has 19 heavy (non-hydrogen) atoms. The number of hydrogen-bond acceptors (Lipinski definition) is 3. The van der Waals surface area contributed by atoms with Crippen molar-refractivity contribution in [2.75, 3.05) is 17.2 Å². The van der Waals surface area contributed by atoms with Gasteiger partial charge in [-0.2, -0.15) is 0 Å². The number of benzene rings is 1. The van der Waals surface area contributed by atoms with Gasteiger partial charge in [0, 0.05) is 24.0 Å². The zero-order valence-electron chi connectivity index (χ0n) is 10.6. The largest absolute Gasteiger partial charge is 0.399 e. The molecule has 0 atom stereocenters. The van der Waals surface area contributed by atoms with Gasteiger partial charge in [-0.15, -0.1) is 0 Å². The Morgan fingerprint density at radius 3 is 2.84 bits per heavy atom. The molecule has 1 aliphatic heterocycles. The Balaban J connectivity index is 2.09. The van der Waals surface area contributed by atoms with E-state index in [9.17, 15) is 0 Å². The highest BCUT2D eigenvalue weighted by Gasteiger charge is 2.17. The van der Waals surface area contributed by atoms with Gasteiger partial charge in [0.05, 0.1) is 0 Å². The van der Waals surface area contributed by atoms with Gasteiger partial charge in [-0.1, -0.05) is 29.8 Å². The highest BCUT2D eigenvalue weighted by atomic mass is 35.5. The summed E-state index contributed by atoms with van der Waals surface area (Å²) in [6, 6.07) is 12.0. The first-order valence-corrected chi connectivity index (χ1v) is 6.90. The van der Waals surface area contributed by atoms with E-state index < -0.39 is 0 Å². The van der Waals surface area contributed by atoms with Crippen molar-refractivity contribution < 1.29 is 0 Å². The van der Waals surface area contributed by atoms with Crippen LogP contribution in [-0.4, -0.2) is 11.5 Å². The van der Waals surface area contributed by atoms with Crippen molar-refractivity contribution in [3.8, 4) is 0 Å². The van der Waals surface area contributed by atoms with Crippen molar-refractivity contribution >= 4 is 28.8 Å². The summed E-state index contributed by atoms with van der Waals surface area (Å²) >= 11 is 6.02. The van der Waals surface area contributed by atoms with Gasteiger partial charge >= 0.3 is 0 Å². The van der Waals surface area contributed by atoms with Crippen LogP contribution in [0.15, 0.2) is 36.4 Å². The maximum Gasteiger partial charge on any atom is 0.136 e. The van der Waals surface area contributed by atoms with Crippen molar-refractivity contribution in [1.82, 2.24) is 4.98 Å². The van der Waals surface area contributed by atoms with Crippen LogP contribution in [0.2, 0.25) is 5.15 Å². The molecule has 0 saturated heterocycles. The number of aromatic nitrogens is 1. The molecule has 0 amide bonds. The summed E-state index contributed by atoms with van der Waals surface area (Å²) in [5.74, 6) is 0.833. The lowest BCUT2D eigenvalue weighted by molar-refractivity contribution is 0.758. The molecule has 0 radical (unpaired) electrons. The summed E-state index contributed by atoms with van der Waals surface area (Å²) in [6.07, 6.45) is 3.45. The number of nitrogens with two attached hydrogens (primary N) is 1.